The average molecular weight is 275 g/mol. The van der Waals surface area contributed by atoms with Crippen LogP contribution in [0.5, 0.6) is 0 Å². The van der Waals surface area contributed by atoms with Gasteiger partial charge in [-0.25, -0.2) is 4.39 Å². The standard InChI is InChI=1S/C12H16BrFO/c1-3-5-9(2)15-8-10-6-4-7-11(14)12(10)13/h4,6-7,9H,3,5,8H2,1-2H3. The maximum absolute atomic E-state index is 13.1. The summed E-state index contributed by atoms with van der Waals surface area (Å²) in [5.74, 6) is -0.237. The van der Waals surface area contributed by atoms with Gasteiger partial charge in [-0.3, -0.25) is 0 Å². The molecule has 84 valence electrons. The van der Waals surface area contributed by atoms with Crippen LogP contribution in [0.4, 0.5) is 4.39 Å². The van der Waals surface area contributed by atoms with Crippen molar-refractivity contribution in [3.63, 3.8) is 0 Å². The van der Waals surface area contributed by atoms with E-state index in [9.17, 15) is 4.39 Å². The van der Waals surface area contributed by atoms with E-state index in [0.29, 0.717) is 11.1 Å². The van der Waals surface area contributed by atoms with Gasteiger partial charge in [-0.1, -0.05) is 25.5 Å². The third-order valence-electron chi connectivity index (χ3n) is 2.25. The normalized spacial score (nSPS) is 12.8. The number of halogens is 2. The van der Waals surface area contributed by atoms with Crippen molar-refractivity contribution in [2.75, 3.05) is 0 Å². The average Bonchev–Trinajstić information content (AvgIpc) is 2.21. The van der Waals surface area contributed by atoms with Crippen molar-refractivity contribution in [3.05, 3.63) is 34.1 Å². The Morgan fingerprint density at radius 3 is 2.87 bits per heavy atom. The SMILES string of the molecule is CCCC(C)OCc1cccc(F)c1Br. The smallest absolute Gasteiger partial charge is 0.137 e. The Morgan fingerprint density at radius 2 is 2.20 bits per heavy atom. The second-order valence-electron chi connectivity index (χ2n) is 3.62. The lowest BCUT2D eigenvalue weighted by Crippen LogP contribution is -2.07. The van der Waals surface area contributed by atoms with Crippen LogP contribution in [0.25, 0.3) is 0 Å². The summed E-state index contributed by atoms with van der Waals surface area (Å²) in [6.45, 7) is 4.62. The zero-order chi connectivity index (χ0) is 11.3. The summed E-state index contributed by atoms with van der Waals surface area (Å²) in [7, 11) is 0. The van der Waals surface area contributed by atoms with Crippen molar-refractivity contribution >= 4 is 15.9 Å². The van der Waals surface area contributed by atoms with E-state index in [1.807, 2.05) is 13.0 Å². The number of rotatable bonds is 5. The molecule has 1 atom stereocenters. The summed E-state index contributed by atoms with van der Waals surface area (Å²) in [6, 6.07) is 5.00. The molecule has 0 spiro atoms. The second kappa shape index (κ2) is 6.23. The van der Waals surface area contributed by atoms with Crippen LogP contribution in [-0.2, 0) is 11.3 Å². The van der Waals surface area contributed by atoms with Crippen LogP contribution < -0.4 is 0 Å². The van der Waals surface area contributed by atoms with E-state index >= 15 is 0 Å². The van der Waals surface area contributed by atoms with Gasteiger partial charge in [0.05, 0.1) is 17.2 Å². The molecule has 1 aromatic rings. The van der Waals surface area contributed by atoms with Gasteiger partial charge in [0.25, 0.3) is 0 Å². The van der Waals surface area contributed by atoms with E-state index in [1.165, 1.54) is 6.07 Å². The largest absolute Gasteiger partial charge is 0.374 e. The van der Waals surface area contributed by atoms with E-state index in [1.54, 1.807) is 6.07 Å². The van der Waals surface area contributed by atoms with Crippen molar-refractivity contribution < 1.29 is 9.13 Å². The molecule has 0 amide bonds. The fourth-order valence-electron chi connectivity index (χ4n) is 1.38. The zero-order valence-corrected chi connectivity index (χ0v) is 10.7. The lowest BCUT2D eigenvalue weighted by molar-refractivity contribution is 0.0467. The third-order valence-corrected chi connectivity index (χ3v) is 3.14. The van der Waals surface area contributed by atoms with Crippen LogP contribution in [0.3, 0.4) is 0 Å². The fourth-order valence-corrected chi connectivity index (χ4v) is 1.76. The molecule has 1 unspecified atom stereocenters. The Balaban J connectivity index is 2.54. The molecular weight excluding hydrogens is 259 g/mol. The van der Waals surface area contributed by atoms with Gasteiger partial charge in [-0.05, 0) is 40.9 Å². The number of hydrogen-bond donors (Lipinski definition) is 0. The highest BCUT2D eigenvalue weighted by atomic mass is 79.9. The second-order valence-corrected chi connectivity index (χ2v) is 4.42. The number of benzene rings is 1. The number of ether oxygens (including phenoxy) is 1. The minimum absolute atomic E-state index is 0.227. The van der Waals surface area contributed by atoms with Gasteiger partial charge in [-0.2, -0.15) is 0 Å². The van der Waals surface area contributed by atoms with E-state index in [0.717, 1.165) is 18.4 Å². The van der Waals surface area contributed by atoms with Crippen LogP contribution in [-0.4, -0.2) is 6.10 Å². The molecule has 3 heteroatoms. The first-order valence-electron chi connectivity index (χ1n) is 5.19. The molecule has 0 aliphatic carbocycles. The lowest BCUT2D eigenvalue weighted by Gasteiger charge is -2.12. The minimum atomic E-state index is -0.237. The summed E-state index contributed by atoms with van der Waals surface area (Å²) in [5, 5.41) is 0. The Labute approximate surface area is 98.8 Å². The fraction of sp³-hybridized carbons (Fsp3) is 0.500. The molecule has 0 radical (unpaired) electrons. The van der Waals surface area contributed by atoms with Gasteiger partial charge in [0.15, 0.2) is 0 Å². The summed E-state index contributed by atoms with van der Waals surface area (Å²) in [4.78, 5) is 0. The van der Waals surface area contributed by atoms with Crippen molar-refractivity contribution in [1.82, 2.24) is 0 Å². The van der Waals surface area contributed by atoms with Crippen LogP contribution in [0.2, 0.25) is 0 Å². The molecule has 0 fully saturated rings. The van der Waals surface area contributed by atoms with Gasteiger partial charge in [0, 0.05) is 0 Å². The highest BCUT2D eigenvalue weighted by Crippen LogP contribution is 2.21. The molecule has 15 heavy (non-hydrogen) atoms. The highest BCUT2D eigenvalue weighted by molar-refractivity contribution is 9.10. The summed E-state index contributed by atoms with van der Waals surface area (Å²) >= 11 is 3.21. The quantitative estimate of drug-likeness (QED) is 0.778. The topological polar surface area (TPSA) is 9.23 Å². The van der Waals surface area contributed by atoms with Crippen molar-refractivity contribution in [2.24, 2.45) is 0 Å². The van der Waals surface area contributed by atoms with Crippen molar-refractivity contribution in [3.8, 4) is 0 Å². The van der Waals surface area contributed by atoms with Crippen LogP contribution >= 0.6 is 15.9 Å². The van der Waals surface area contributed by atoms with Gasteiger partial charge in [0.2, 0.25) is 0 Å². The molecule has 0 saturated carbocycles. The molecule has 0 saturated heterocycles. The first-order chi connectivity index (χ1) is 7.15. The molecule has 0 aliphatic rings. The van der Waals surface area contributed by atoms with Gasteiger partial charge in [0.1, 0.15) is 5.82 Å². The summed E-state index contributed by atoms with van der Waals surface area (Å²) in [5.41, 5.74) is 0.859. The lowest BCUT2D eigenvalue weighted by atomic mass is 10.2. The van der Waals surface area contributed by atoms with Crippen molar-refractivity contribution in [1.29, 1.82) is 0 Å². The highest BCUT2D eigenvalue weighted by Gasteiger charge is 2.07. The van der Waals surface area contributed by atoms with Crippen LogP contribution in [0.1, 0.15) is 32.3 Å². The molecule has 0 N–H and O–H groups in total. The predicted molar refractivity (Wildman–Crippen MR) is 63.3 cm³/mol. The van der Waals surface area contributed by atoms with Gasteiger partial charge >= 0.3 is 0 Å². The molecule has 0 bridgehead atoms. The maximum atomic E-state index is 13.1. The Hall–Kier alpha value is -0.410. The number of hydrogen-bond acceptors (Lipinski definition) is 1. The first kappa shape index (κ1) is 12.7. The van der Waals surface area contributed by atoms with Gasteiger partial charge in [-0.15, -0.1) is 0 Å². The predicted octanol–water partition coefficient (Wildman–Crippen LogP) is 4.29. The van der Waals surface area contributed by atoms with E-state index < -0.39 is 0 Å². The summed E-state index contributed by atoms with van der Waals surface area (Å²) < 4.78 is 19.3. The zero-order valence-electron chi connectivity index (χ0n) is 9.09. The Bertz CT molecular complexity index is 314. The summed E-state index contributed by atoms with van der Waals surface area (Å²) in [6.07, 6.45) is 2.36. The van der Waals surface area contributed by atoms with E-state index in [2.05, 4.69) is 22.9 Å². The molecule has 1 rings (SSSR count). The molecule has 0 aliphatic heterocycles. The third kappa shape index (κ3) is 3.92. The first-order valence-corrected chi connectivity index (χ1v) is 5.99. The molecule has 1 aromatic carbocycles. The Kier molecular flexibility index (Phi) is 5.26. The molecular formula is C12H16BrFO. The molecule has 0 aromatic heterocycles. The maximum Gasteiger partial charge on any atom is 0.137 e. The van der Waals surface area contributed by atoms with E-state index in [-0.39, 0.29) is 11.9 Å². The van der Waals surface area contributed by atoms with Gasteiger partial charge < -0.3 is 4.74 Å². The van der Waals surface area contributed by atoms with Crippen LogP contribution in [0.15, 0.2) is 22.7 Å². The minimum Gasteiger partial charge on any atom is -0.374 e. The van der Waals surface area contributed by atoms with Crippen molar-refractivity contribution in [2.45, 2.75) is 39.4 Å². The Morgan fingerprint density at radius 1 is 1.47 bits per heavy atom. The van der Waals surface area contributed by atoms with Crippen LogP contribution in [0, 0.1) is 5.82 Å². The molecule has 1 nitrogen and oxygen atoms in total. The monoisotopic (exact) mass is 274 g/mol. The molecule has 0 heterocycles. The van der Waals surface area contributed by atoms with E-state index in [4.69, 9.17) is 4.74 Å².